The molecule has 0 aromatic rings. The van der Waals surface area contributed by atoms with Crippen molar-refractivity contribution in [3.8, 4) is 0 Å². The van der Waals surface area contributed by atoms with Gasteiger partial charge in [-0.05, 0) is 19.3 Å². The molecule has 0 spiro atoms. The van der Waals surface area contributed by atoms with Gasteiger partial charge < -0.3 is 15.2 Å². The Labute approximate surface area is 87.8 Å². The van der Waals surface area contributed by atoms with Crippen LogP contribution in [0.4, 0.5) is 0 Å². The van der Waals surface area contributed by atoms with Crippen LogP contribution in [0.3, 0.4) is 0 Å². The lowest BCUT2D eigenvalue weighted by Gasteiger charge is -2.10. The van der Waals surface area contributed by atoms with Crippen molar-refractivity contribution < 1.29 is 19.4 Å². The highest BCUT2D eigenvalue weighted by molar-refractivity contribution is 5.89. The lowest BCUT2D eigenvalue weighted by atomic mass is 10.2. The Balaban J connectivity index is 1.67. The van der Waals surface area contributed by atoms with Gasteiger partial charge in [0.15, 0.2) is 0 Å². The molecule has 1 saturated heterocycles. The van der Waals surface area contributed by atoms with Crippen molar-refractivity contribution in [3.63, 3.8) is 0 Å². The Kier molecular flexibility index (Phi) is 2.90. The third-order valence-corrected chi connectivity index (χ3v) is 2.97. The van der Waals surface area contributed by atoms with Gasteiger partial charge in [0.05, 0.1) is 17.9 Å². The Morgan fingerprint density at radius 1 is 1.40 bits per heavy atom. The van der Waals surface area contributed by atoms with E-state index in [1.807, 2.05) is 0 Å². The number of aliphatic carboxylic acids is 1. The molecule has 2 rings (SSSR count). The van der Waals surface area contributed by atoms with Crippen LogP contribution in [-0.2, 0) is 14.3 Å². The number of ether oxygens (including phenoxy) is 1. The second kappa shape index (κ2) is 4.18. The summed E-state index contributed by atoms with van der Waals surface area (Å²) in [6, 6.07) is 0. The first-order valence-corrected chi connectivity index (χ1v) is 5.30. The van der Waals surface area contributed by atoms with Crippen molar-refractivity contribution in [3.05, 3.63) is 0 Å². The van der Waals surface area contributed by atoms with Gasteiger partial charge in [-0.1, -0.05) is 0 Å². The molecule has 5 heteroatoms. The van der Waals surface area contributed by atoms with Gasteiger partial charge in [-0.2, -0.15) is 0 Å². The first-order valence-electron chi connectivity index (χ1n) is 5.30. The number of carbonyl (C=O) groups excluding carboxylic acids is 1. The summed E-state index contributed by atoms with van der Waals surface area (Å²) >= 11 is 0. The van der Waals surface area contributed by atoms with Crippen molar-refractivity contribution in [2.75, 3.05) is 13.2 Å². The number of nitrogens with one attached hydrogen (secondary N) is 1. The van der Waals surface area contributed by atoms with E-state index < -0.39 is 11.9 Å². The van der Waals surface area contributed by atoms with Gasteiger partial charge >= 0.3 is 5.97 Å². The molecule has 3 unspecified atom stereocenters. The average Bonchev–Trinajstić information content (AvgIpc) is 2.85. The molecular weight excluding hydrogens is 198 g/mol. The van der Waals surface area contributed by atoms with Gasteiger partial charge in [0.2, 0.25) is 5.91 Å². The predicted octanol–water partition coefficient (Wildman–Crippen LogP) is 0.00230. The van der Waals surface area contributed by atoms with Gasteiger partial charge in [0.25, 0.3) is 0 Å². The van der Waals surface area contributed by atoms with Crippen LogP contribution in [0.1, 0.15) is 19.3 Å². The number of hydrogen-bond acceptors (Lipinski definition) is 3. The van der Waals surface area contributed by atoms with Crippen molar-refractivity contribution in [2.24, 2.45) is 11.8 Å². The molecule has 0 radical (unpaired) electrons. The van der Waals surface area contributed by atoms with Crippen LogP contribution in [0.25, 0.3) is 0 Å². The van der Waals surface area contributed by atoms with E-state index in [-0.39, 0.29) is 17.9 Å². The monoisotopic (exact) mass is 213 g/mol. The fourth-order valence-corrected chi connectivity index (χ4v) is 1.91. The first-order chi connectivity index (χ1) is 7.18. The summed E-state index contributed by atoms with van der Waals surface area (Å²) in [4.78, 5) is 22.0. The van der Waals surface area contributed by atoms with Crippen LogP contribution in [0.15, 0.2) is 0 Å². The van der Waals surface area contributed by atoms with Crippen molar-refractivity contribution in [1.82, 2.24) is 5.32 Å². The molecule has 15 heavy (non-hydrogen) atoms. The summed E-state index contributed by atoms with van der Waals surface area (Å²) in [5, 5.41) is 11.4. The highest BCUT2D eigenvalue weighted by Gasteiger charge is 2.48. The number of carboxylic acid groups (broad SMARTS) is 1. The molecule has 2 N–H and O–H groups in total. The average molecular weight is 213 g/mol. The van der Waals surface area contributed by atoms with Crippen LogP contribution in [-0.4, -0.2) is 36.2 Å². The first kappa shape index (κ1) is 10.4. The fraction of sp³-hybridized carbons (Fsp3) is 0.800. The van der Waals surface area contributed by atoms with E-state index in [9.17, 15) is 9.59 Å². The fourth-order valence-electron chi connectivity index (χ4n) is 1.91. The molecule has 84 valence electrons. The van der Waals surface area contributed by atoms with Crippen LogP contribution < -0.4 is 5.32 Å². The second-order valence-electron chi connectivity index (χ2n) is 4.17. The molecular formula is C10H15NO4. The molecule has 0 bridgehead atoms. The minimum Gasteiger partial charge on any atom is -0.481 e. The Bertz CT molecular complexity index is 273. The molecule has 3 atom stereocenters. The molecule has 2 fully saturated rings. The number of hydrogen-bond donors (Lipinski definition) is 2. The van der Waals surface area contributed by atoms with Gasteiger partial charge in [-0.25, -0.2) is 0 Å². The van der Waals surface area contributed by atoms with Gasteiger partial charge in [0, 0.05) is 13.2 Å². The normalized spacial score (nSPS) is 33.7. The van der Waals surface area contributed by atoms with E-state index in [0.29, 0.717) is 13.0 Å². The largest absolute Gasteiger partial charge is 0.481 e. The van der Waals surface area contributed by atoms with E-state index in [2.05, 4.69) is 5.32 Å². The maximum absolute atomic E-state index is 11.4. The molecule has 1 heterocycles. The molecule has 2 aliphatic rings. The maximum atomic E-state index is 11.4. The zero-order valence-corrected chi connectivity index (χ0v) is 8.44. The van der Waals surface area contributed by atoms with Crippen LogP contribution >= 0.6 is 0 Å². The number of amides is 1. The predicted molar refractivity (Wildman–Crippen MR) is 51.2 cm³/mol. The van der Waals surface area contributed by atoms with E-state index in [0.717, 1.165) is 19.4 Å². The van der Waals surface area contributed by atoms with E-state index in [1.54, 1.807) is 0 Å². The summed E-state index contributed by atoms with van der Waals surface area (Å²) in [7, 11) is 0. The third kappa shape index (κ3) is 2.47. The quantitative estimate of drug-likeness (QED) is 0.689. The zero-order chi connectivity index (χ0) is 10.8. The highest BCUT2D eigenvalue weighted by Crippen LogP contribution is 2.38. The van der Waals surface area contributed by atoms with Gasteiger partial charge in [0.1, 0.15) is 0 Å². The molecule has 0 aromatic carbocycles. The summed E-state index contributed by atoms with van der Waals surface area (Å²) in [6.45, 7) is 1.28. The minimum atomic E-state index is -0.868. The lowest BCUT2D eigenvalue weighted by Crippen LogP contribution is -2.33. The second-order valence-corrected chi connectivity index (χ2v) is 4.17. The van der Waals surface area contributed by atoms with Crippen molar-refractivity contribution in [2.45, 2.75) is 25.4 Å². The molecule has 1 aliphatic heterocycles. The third-order valence-electron chi connectivity index (χ3n) is 2.97. The molecule has 5 nitrogen and oxygen atoms in total. The summed E-state index contributed by atoms with van der Waals surface area (Å²) in [5.41, 5.74) is 0. The van der Waals surface area contributed by atoms with Crippen LogP contribution in [0.5, 0.6) is 0 Å². The van der Waals surface area contributed by atoms with Crippen LogP contribution in [0.2, 0.25) is 0 Å². The summed E-state index contributed by atoms with van der Waals surface area (Å²) in [5.74, 6) is -1.79. The van der Waals surface area contributed by atoms with Crippen molar-refractivity contribution in [1.29, 1.82) is 0 Å². The van der Waals surface area contributed by atoms with E-state index >= 15 is 0 Å². The molecule has 1 saturated carbocycles. The van der Waals surface area contributed by atoms with Gasteiger partial charge in [-0.15, -0.1) is 0 Å². The molecule has 1 amide bonds. The summed E-state index contributed by atoms with van der Waals surface area (Å²) < 4.78 is 5.35. The standard InChI is InChI=1S/C10H15NO4/c12-9(7-4-8(7)10(13)14)11-5-6-2-1-3-15-6/h6-8H,1-5H2,(H,11,12)(H,13,14). The highest BCUT2D eigenvalue weighted by atomic mass is 16.5. The molecule has 0 aromatic heterocycles. The maximum Gasteiger partial charge on any atom is 0.307 e. The smallest absolute Gasteiger partial charge is 0.307 e. The van der Waals surface area contributed by atoms with Crippen molar-refractivity contribution >= 4 is 11.9 Å². The number of carbonyl (C=O) groups is 2. The minimum absolute atomic E-state index is 0.121. The zero-order valence-electron chi connectivity index (χ0n) is 8.44. The van der Waals surface area contributed by atoms with Crippen LogP contribution in [0, 0.1) is 11.8 Å². The Morgan fingerprint density at radius 2 is 2.20 bits per heavy atom. The van der Waals surface area contributed by atoms with Gasteiger partial charge in [-0.3, -0.25) is 9.59 Å². The lowest BCUT2D eigenvalue weighted by molar-refractivity contribution is -0.140. The Hall–Kier alpha value is -1.10. The molecule has 1 aliphatic carbocycles. The topological polar surface area (TPSA) is 75.6 Å². The SMILES string of the molecule is O=C(O)C1CC1C(=O)NCC1CCCO1. The number of rotatable bonds is 4. The van der Waals surface area contributed by atoms with E-state index in [4.69, 9.17) is 9.84 Å². The van der Waals surface area contributed by atoms with E-state index in [1.165, 1.54) is 0 Å². The Morgan fingerprint density at radius 3 is 2.73 bits per heavy atom. The number of carboxylic acids is 1. The summed E-state index contributed by atoms with van der Waals surface area (Å²) in [6.07, 6.45) is 2.62.